The van der Waals surface area contributed by atoms with Crippen LogP contribution >= 0.6 is 11.6 Å². The lowest BCUT2D eigenvalue weighted by Gasteiger charge is -2.36. The summed E-state index contributed by atoms with van der Waals surface area (Å²) < 4.78 is 45.5. The van der Waals surface area contributed by atoms with Crippen molar-refractivity contribution >= 4 is 23.4 Å². The second-order valence-electron chi connectivity index (χ2n) is 5.32. The van der Waals surface area contributed by atoms with Gasteiger partial charge in [-0.25, -0.2) is 4.79 Å². The molecule has 0 saturated heterocycles. The van der Waals surface area contributed by atoms with Gasteiger partial charge >= 0.3 is 12.3 Å². The Morgan fingerprint density at radius 1 is 1.30 bits per heavy atom. The quantitative estimate of drug-likeness (QED) is 0.631. The molecule has 2 aliphatic rings. The fourth-order valence-corrected chi connectivity index (χ4v) is 2.27. The van der Waals surface area contributed by atoms with Crippen LogP contribution in [0, 0.1) is 11.8 Å². The van der Waals surface area contributed by atoms with Gasteiger partial charge in [-0.05, 0) is 24.8 Å². The minimum Gasteiger partial charge on any atom is -0.506 e. The van der Waals surface area contributed by atoms with Crippen molar-refractivity contribution in [2.24, 2.45) is 0 Å². The number of carbonyl (C=O) groups excluding carboxylic acids is 1. The summed E-state index contributed by atoms with van der Waals surface area (Å²) in [6, 6.07) is 1.71. The number of aromatic hydroxyl groups is 1. The van der Waals surface area contributed by atoms with Crippen LogP contribution in [0.4, 0.5) is 23.7 Å². The zero-order chi connectivity index (χ0) is 17.0. The van der Waals surface area contributed by atoms with Crippen LogP contribution in [-0.2, 0) is 10.3 Å². The number of phenolic OH excluding ortho intramolecular Hbond substituents is 1. The molecule has 1 saturated carbocycles. The first kappa shape index (κ1) is 15.8. The normalized spacial score (nSPS) is 24.7. The molecule has 1 atom stereocenters. The number of rotatable bonds is 0. The summed E-state index contributed by atoms with van der Waals surface area (Å²) in [6.45, 7) is 0. The number of hydrogen-bond acceptors (Lipinski definition) is 4. The smallest absolute Gasteiger partial charge is 0.445 e. The Labute approximate surface area is 133 Å². The van der Waals surface area contributed by atoms with Crippen LogP contribution in [0.25, 0.3) is 0 Å². The van der Waals surface area contributed by atoms with Crippen molar-refractivity contribution in [3.05, 3.63) is 22.7 Å². The number of cyclic esters (lactones) is 1. The molecular formula is C14H9ClF3NO4. The summed E-state index contributed by atoms with van der Waals surface area (Å²) in [5.41, 5.74) is -5.67. The average molecular weight is 348 g/mol. The molecule has 1 amide bonds. The number of anilines is 1. The van der Waals surface area contributed by atoms with Crippen molar-refractivity contribution < 1.29 is 32.9 Å². The number of amides is 1. The number of ether oxygens (including phenoxy) is 1. The largest absolute Gasteiger partial charge is 0.506 e. The number of alkyl halides is 3. The van der Waals surface area contributed by atoms with Crippen molar-refractivity contribution in [1.82, 2.24) is 0 Å². The zero-order valence-electron chi connectivity index (χ0n) is 11.3. The monoisotopic (exact) mass is 347 g/mol. The first-order valence-corrected chi connectivity index (χ1v) is 6.81. The van der Waals surface area contributed by atoms with Crippen molar-refractivity contribution in [3.63, 3.8) is 0 Å². The number of carbonyl (C=O) groups is 1. The average Bonchev–Trinajstić information content (AvgIpc) is 3.15. The standard InChI is InChI=1S/C14H9ClF3NO4/c15-8-5-7-9(6-10(8)20)19-11(21)23-13(7,14(16,17)18)4-3-12(22)1-2-12/h5-6,20,22H,1-2H2,(H,19,21)/t13-/m0/s1. The fourth-order valence-electron chi connectivity index (χ4n) is 2.11. The maximum absolute atomic E-state index is 13.7. The van der Waals surface area contributed by atoms with Gasteiger partial charge in [-0.1, -0.05) is 17.5 Å². The molecule has 1 aromatic rings. The SMILES string of the molecule is O=C1Nc2cc(O)c(Cl)cc2[C@@](C#CC2(O)CC2)(C(F)(F)F)O1. The number of fused-ring (bicyclic) bond motifs is 1. The fraction of sp³-hybridized carbons (Fsp3) is 0.357. The Kier molecular flexibility index (Phi) is 3.22. The Morgan fingerprint density at radius 2 is 1.96 bits per heavy atom. The van der Waals surface area contributed by atoms with E-state index in [2.05, 4.69) is 16.0 Å². The maximum atomic E-state index is 13.7. The van der Waals surface area contributed by atoms with E-state index < -0.39 is 34.8 Å². The van der Waals surface area contributed by atoms with Crippen LogP contribution in [0.2, 0.25) is 5.02 Å². The maximum Gasteiger partial charge on any atom is 0.445 e. The van der Waals surface area contributed by atoms with E-state index >= 15 is 0 Å². The van der Waals surface area contributed by atoms with Gasteiger partial charge in [0.15, 0.2) is 0 Å². The van der Waals surface area contributed by atoms with Gasteiger partial charge in [0.05, 0.1) is 10.7 Å². The molecule has 1 aliphatic carbocycles. The number of nitrogens with one attached hydrogen (secondary N) is 1. The molecule has 9 heteroatoms. The summed E-state index contributed by atoms with van der Waals surface area (Å²) in [7, 11) is 0. The van der Waals surface area contributed by atoms with Gasteiger partial charge < -0.3 is 14.9 Å². The Hall–Kier alpha value is -2.11. The molecule has 3 rings (SSSR count). The number of benzene rings is 1. The third kappa shape index (κ3) is 2.56. The molecule has 23 heavy (non-hydrogen) atoms. The number of phenols is 1. The summed E-state index contributed by atoms with van der Waals surface area (Å²) in [4.78, 5) is 11.5. The molecule has 3 N–H and O–H groups in total. The molecule has 0 radical (unpaired) electrons. The van der Waals surface area contributed by atoms with Crippen LogP contribution in [0.5, 0.6) is 5.75 Å². The highest BCUT2D eigenvalue weighted by atomic mass is 35.5. The van der Waals surface area contributed by atoms with E-state index in [1.807, 2.05) is 5.92 Å². The first-order valence-electron chi connectivity index (χ1n) is 6.43. The topological polar surface area (TPSA) is 78.8 Å². The van der Waals surface area contributed by atoms with Gasteiger partial charge in [0, 0.05) is 11.6 Å². The minimum atomic E-state index is -5.09. The third-order valence-corrected chi connectivity index (χ3v) is 3.85. The second-order valence-corrected chi connectivity index (χ2v) is 5.73. The van der Waals surface area contributed by atoms with Gasteiger partial charge in [0.2, 0.25) is 0 Å². The Balaban J connectivity index is 2.25. The second kappa shape index (κ2) is 4.69. The number of hydrogen-bond donors (Lipinski definition) is 3. The number of halogens is 4. The number of aliphatic hydroxyl groups is 1. The van der Waals surface area contributed by atoms with E-state index in [-0.39, 0.29) is 23.6 Å². The van der Waals surface area contributed by atoms with E-state index in [1.54, 1.807) is 0 Å². The van der Waals surface area contributed by atoms with Gasteiger partial charge in [0.1, 0.15) is 11.4 Å². The summed E-state index contributed by atoms with van der Waals surface area (Å²) in [5, 5.41) is 20.9. The zero-order valence-corrected chi connectivity index (χ0v) is 12.0. The molecule has 1 heterocycles. The lowest BCUT2D eigenvalue weighted by Crippen LogP contribution is -2.49. The van der Waals surface area contributed by atoms with Gasteiger partial charge in [0.25, 0.3) is 5.60 Å². The molecule has 1 fully saturated rings. The Bertz CT molecular complexity index is 764. The van der Waals surface area contributed by atoms with Crippen molar-refractivity contribution in [3.8, 4) is 17.6 Å². The first-order chi connectivity index (χ1) is 10.6. The van der Waals surface area contributed by atoms with E-state index in [4.69, 9.17) is 11.6 Å². The van der Waals surface area contributed by atoms with E-state index in [0.29, 0.717) is 0 Å². The predicted octanol–water partition coefficient (Wildman–Crippen LogP) is 2.89. The van der Waals surface area contributed by atoms with Crippen LogP contribution in [0.15, 0.2) is 12.1 Å². The van der Waals surface area contributed by atoms with Crippen LogP contribution in [-0.4, -0.2) is 28.1 Å². The summed E-state index contributed by atoms with van der Waals surface area (Å²) >= 11 is 5.68. The molecule has 0 unspecified atom stereocenters. The molecule has 0 aromatic heterocycles. The molecule has 0 spiro atoms. The van der Waals surface area contributed by atoms with Crippen LogP contribution in [0.3, 0.4) is 0 Å². The van der Waals surface area contributed by atoms with Crippen molar-refractivity contribution in [2.75, 3.05) is 5.32 Å². The predicted molar refractivity (Wildman–Crippen MR) is 72.9 cm³/mol. The molecular weight excluding hydrogens is 339 g/mol. The Morgan fingerprint density at radius 3 is 2.52 bits per heavy atom. The van der Waals surface area contributed by atoms with Crippen LogP contribution in [0.1, 0.15) is 18.4 Å². The molecule has 122 valence electrons. The lowest BCUT2D eigenvalue weighted by atomic mass is 9.90. The molecule has 5 nitrogen and oxygen atoms in total. The van der Waals surface area contributed by atoms with Crippen LogP contribution < -0.4 is 5.32 Å². The van der Waals surface area contributed by atoms with Gasteiger partial charge in [-0.15, -0.1) is 0 Å². The molecule has 1 aliphatic heterocycles. The van der Waals surface area contributed by atoms with E-state index in [0.717, 1.165) is 12.1 Å². The van der Waals surface area contributed by atoms with Gasteiger partial charge in [-0.2, -0.15) is 13.2 Å². The van der Waals surface area contributed by atoms with Crippen molar-refractivity contribution in [2.45, 2.75) is 30.2 Å². The molecule has 0 bridgehead atoms. The van der Waals surface area contributed by atoms with E-state index in [9.17, 15) is 28.2 Å². The minimum absolute atomic E-state index is 0.239. The highest BCUT2D eigenvalue weighted by Crippen LogP contribution is 2.49. The molecule has 1 aromatic carbocycles. The highest BCUT2D eigenvalue weighted by molar-refractivity contribution is 6.32. The highest BCUT2D eigenvalue weighted by Gasteiger charge is 2.62. The van der Waals surface area contributed by atoms with E-state index in [1.165, 1.54) is 0 Å². The lowest BCUT2D eigenvalue weighted by molar-refractivity contribution is -0.239. The third-order valence-electron chi connectivity index (χ3n) is 3.54. The summed E-state index contributed by atoms with van der Waals surface area (Å²) in [5.74, 6) is 3.48. The van der Waals surface area contributed by atoms with Gasteiger partial charge in [-0.3, -0.25) is 5.32 Å². The summed E-state index contributed by atoms with van der Waals surface area (Å²) in [6.07, 6.45) is -5.99. The van der Waals surface area contributed by atoms with Crippen molar-refractivity contribution in [1.29, 1.82) is 0 Å².